The molecule has 3 rings (SSSR count). The van der Waals surface area contributed by atoms with Gasteiger partial charge in [0.05, 0.1) is 5.69 Å². The summed E-state index contributed by atoms with van der Waals surface area (Å²) in [5, 5.41) is 14.2. The van der Waals surface area contributed by atoms with Gasteiger partial charge in [0.25, 0.3) is 5.91 Å². The van der Waals surface area contributed by atoms with Crippen LogP contribution in [0.15, 0.2) is 24.5 Å². The van der Waals surface area contributed by atoms with Crippen LogP contribution in [0, 0.1) is 6.92 Å². The summed E-state index contributed by atoms with van der Waals surface area (Å²) >= 11 is 0. The number of aliphatic carboxylic acids is 2. The van der Waals surface area contributed by atoms with Gasteiger partial charge in [-0.3, -0.25) is 4.79 Å². The molecule has 0 fully saturated rings. The number of hydrogen-bond acceptors (Lipinski definition) is 7. The average molecular weight is 553 g/mol. The Morgan fingerprint density at radius 1 is 0.974 bits per heavy atom. The van der Waals surface area contributed by atoms with E-state index in [-0.39, 0.29) is 5.91 Å². The Hall–Kier alpha value is -3.98. The van der Waals surface area contributed by atoms with Crippen molar-refractivity contribution in [3.05, 3.63) is 47.2 Å². The van der Waals surface area contributed by atoms with E-state index in [2.05, 4.69) is 26.8 Å². The molecule has 0 saturated heterocycles. The second-order valence-electron chi connectivity index (χ2n) is 7.70. The number of alkyl halides is 6. The fourth-order valence-electron chi connectivity index (χ4n) is 3.02. The molecular weight excluding hydrogens is 528 g/mol. The van der Waals surface area contributed by atoms with Gasteiger partial charge in [0, 0.05) is 44.4 Å². The summed E-state index contributed by atoms with van der Waals surface area (Å²) in [4.78, 5) is 47.8. The maximum atomic E-state index is 12.7. The first-order valence-electron chi connectivity index (χ1n) is 10.9. The molecule has 0 atom stereocenters. The van der Waals surface area contributed by atoms with Crippen molar-refractivity contribution in [3.63, 3.8) is 0 Å². The van der Waals surface area contributed by atoms with Gasteiger partial charge in [-0.25, -0.2) is 24.5 Å². The molecule has 1 aliphatic rings. The lowest BCUT2D eigenvalue weighted by molar-refractivity contribution is -0.193. The highest BCUT2D eigenvalue weighted by molar-refractivity contribution is 5.92. The van der Waals surface area contributed by atoms with Crippen LogP contribution in [0.1, 0.15) is 34.4 Å². The third-order valence-electron chi connectivity index (χ3n) is 4.98. The fraction of sp³-hybridized carbons (Fsp3) is 0.455. The van der Waals surface area contributed by atoms with E-state index in [1.165, 1.54) is 0 Å². The molecule has 0 aromatic carbocycles. The van der Waals surface area contributed by atoms with Crippen molar-refractivity contribution >= 4 is 23.7 Å². The van der Waals surface area contributed by atoms with E-state index in [0.717, 1.165) is 42.2 Å². The number of carboxylic acids is 2. The number of rotatable bonds is 3. The second-order valence-corrected chi connectivity index (χ2v) is 7.70. The quantitative estimate of drug-likeness (QED) is 0.550. The number of hydrogen-bond donors (Lipinski definition) is 2. The molecule has 0 unspecified atom stereocenters. The van der Waals surface area contributed by atoms with Crippen LogP contribution in [0.25, 0.3) is 0 Å². The van der Waals surface area contributed by atoms with Crippen LogP contribution in [0.3, 0.4) is 0 Å². The van der Waals surface area contributed by atoms with Crippen LogP contribution >= 0.6 is 0 Å². The number of aryl methyl sites for hydroxylation is 1. The molecule has 2 aromatic rings. The third kappa shape index (κ3) is 9.82. The van der Waals surface area contributed by atoms with Crippen molar-refractivity contribution in [1.82, 2.24) is 19.9 Å². The highest BCUT2D eigenvalue weighted by Crippen LogP contribution is 2.23. The van der Waals surface area contributed by atoms with E-state index < -0.39 is 24.3 Å². The first kappa shape index (κ1) is 32.0. The summed E-state index contributed by atoms with van der Waals surface area (Å²) in [5.74, 6) is -4.55. The minimum atomic E-state index is -5.08. The van der Waals surface area contributed by atoms with E-state index in [1.54, 1.807) is 12.4 Å². The van der Waals surface area contributed by atoms with E-state index >= 15 is 0 Å². The molecule has 2 aromatic heterocycles. The number of carbonyl (C=O) groups excluding carboxylic acids is 1. The number of aromatic nitrogens is 3. The van der Waals surface area contributed by atoms with Gasteiger partial charge in [-0.15, -0.1) is 0 Å². The zero-order valence-electron chi connectivity index (χ0n) is 20.5. The van der Waals surface area contributed by atoms with Gasteiger partial charge in [-0.1, -0.05) is 6.07 Å². The van der Waals surface area contributed by atoms with E-state index in [4.69, 9.17) is 19.8 Å². The summed E-state index contributed by atoms with van der Waals surface area (Å²) in [6.45, 7) is 6.22. The standard InChI is InChI=1S/C18H23N5O.2C2HF3O2/c1-4-22(3)17-14-8-10-23(11-9-15(14)19-12-20-17)18(24)16-7-5-6-13(2)21-16;2*3-2(4,5)1(6)7/h5-7,12H,4,8-11H2,1-3H3;2*(H,6,7). The molecule has 3 heterocycles. The van der Waals surface area contributed by atoms with Crippen molar-refractivity contribution in [2.24, 2.45) is 0 Å². The van der Waals surface area contributed by atoms with E-state index in [1.807, 2.05) is 31.0 Å². The molecule has 16 heteroatoms. The van der Waals surface area contributed by atoms with Gasteiger partial charge in [0.15, 0.2) is 0 Å². The van der Waals surface area contributed by atoms with Crippen LogP contribution in [0.2, 0.25) is 0 Å². The number of amides is 1. The van der Waals surface area contributed by atoms with Gasteiger partial charge >= 0.3 is 24.3 Å². The largest absolute Gasteiger partial charge is 0.490 e. The van der Waals surface area contributed by atoms with Gasteiger partial charge < -0.3 is 20.0 Å². The number of carboxylic acid groups (broad SMARTS) is 2. The molecule has 0 spiro atoms. The molecule has 0 radical (unpaired) electrons. The molecule has 0 aliphatic carbocycles. The first-order chi connectivity index (χ1) is 17.5. The predicted octanol–water partition coefficient (Wildman–Crippen LogP) is 3.14. The van der Waals surface area contributed by atoms with Gasteiger partial charge in [0.2, 0.25) is 0 Å². The van der Waals surface area contributed by atoms with Crippen molar-refractivity contribution in [3.8, 4) is 0 Å². The third-order valence-corrected chi connectivity index (χ3v) is 4.98. The molecule has 210 valence electrons. The molecule has 0 saturated carbocycles. The monoisotopic (exact) mass is 553 g/mol. The SMILES string of the molecule is CCN(C)c1ncnc2c1CCN(C(=O)c1cccc(C)n1)CC2.O=C(O)C(F)(F)F.O=C(O)C(F)(F)F. The topological polar surface area (TPSA) is 137 Å². The minimum Gasteiger partial charge on any atom is -0.475 e. The molecule has 1 amide bonds. The van der Waals surface area contributed by atoms with Crippen LogP contribution in [0.4, 0.5) is 32.2 Å². The molecule has 38 heavy (non-hydrogen) atoms. The smallest absolute Gasteiger partial charge is 0.475 e. The Bertz CT molecular complexity index is 1100. The summed E-state index contributed by atoms with van der Waals surface area (Å²) in [7, 11) is 2.03. The van der Waals surface area contributed by atoms with Crippen LogP contribution in [-0.4, -0.2) is 86.9 Å². The Morgan fingerprint density at radius 3 is 1.97 bits per heavy atom. The molecular formula is C22H25F6N5O5. The van der Waals surface area contributed by atoms with Gasteiger partial charge in [0.1, 0.15) is 17.8 Å². The zero-order chi connectivity index (χ0) is 29.3. The number of anilines is 1. The van der Waals surface area contributed by atoms with Crippen molar-refractivity contribution in [2.75, 3.05) is 31.6 Å². The molecule has 1 aliphatic heterocycles. The van der Waals surface area contributed by atoms with Crippen LogP contribution in [-0.2, 0) is 22.4 Å². The summed E-state index contributed by atoms with van der Waals surface area (Å²) in [5.41, 5.74) is 3.58. The zero-order valence-corrected chi connectivity index (χ0v) is 20.5. The lowest BCUT2D eigenvalue weighted by Gasteiger charge is -2.21. The van der Waals surface area contributed by atoms with Gasteiger partial charge in [-0.2, -0.15) is 26.3 Å². The van der Waals surface area contributed by atoms with E-state index in [0.29, 0.717) is 18.8 Å². The summed E-state index contributed by atoms with van der Waals surface area (Å²) in [6.07, 6.45) is -7.02. The number of halogens is 6. The lowest BCUT2D eigenvalue weighted by Crippen LogP contribution is -2.34. The second kappa shape index (κ2) is 13.5. The summed E-state index contributed by atoms with van der Waals surface area (Å²) in [6, 6.07) is 5.56. The minimum absolute atomic E-state index is 0.00939. The molecule has 2 N–H and O–H groups in total. The fourth-order valence-corrected chi connectivity index (χ4v) is 3.02. The first-order valence-corrected chi connectivity index (χ1v) is 10.9. The number of pyridine rings is 1. The highest BCUT2D eigenvalue weighted by atomic mass is 19.4. The van der Waals surface area contributed by atoms with Crippen molar-refractivity contribution in [2.45, 2.75) is 39.0 Å². The average Bonchev–Trinajstić information content (AvgIpc) is 3.05. The number of carbonyl (C=O) groups is 3. The molecule has 10 nitrogen and oxygen atoms in total. The van der Waals surface area contributed by atoms with E-state index in [9.17, 15) is 31.1 Å². The van der Waals surface area contributed by atoms with Crippen molar-refractivity contribution in [1.29, 1.82) is 0 Å². The number of nitrogens with zero attached hydrogens (tertiary/aromatic N) is 5. The molecule has 0 bridgehead atoms. The lowest BCUT2D eigenvalue weighted by atomic mass is 10.1. The Labute approximate surface area is 212 Å². The maximum Gasteiger partial charge on any atom is 0.490 e. The van der Waals surface area contributed by atoms with Crippen LogP contribution in [0.5, 0.6) is 0 Å². The number of fused-ring (bicyclic) bond motifs is 1. The summed E-state index contributed by atoms with van der Waals surface area (Å²) < 4.78 is 63.5. The Kier molecular flexibility index (Phi) is 11.4. The van der Waals surface area contributed by atoms with Gasteiger partial charge in [-0.05, 0) is 32.4 Å². The van der Waals surface area contributed by atoms with Crippen LogP contribution < -0.4 is 4.90 Å². The normalized spacial score (nSPS) is 13.0. The van der Waals surface area contributed by atoms with Crippen molar-refractivity contribution < 1.29 is 50.9 Å². The Balaban J connectivity index is 0.000000426. The Morgan fingerprint density at radius 2 is 1.50 bits per heavy atom. The predicted molar refractivity (Wildman–Crippen MR) is 121 cm³/mol. The highest BCUT2D eigenvalue weighted by Gasteiger charge is 2.38. The maximum absolute atomic E-state index is 12.7.